The quantitative estimate of drug-likeness (QED) is 0.0805. The first-order chi connectivity index (χ1) is 23.8. The summed E-state index contributed by atoms with van der Waals surface area (Å²) < 4.78 is 47.4. The van der Waals surface area contributed by atoms with Gasteiger partial charge in [0.1, 0.15) is 12.5 Å². The predicted molar refractivity (Wildman–Crippen MR) is 204 cm³/mol. The SMILES string of the molecule is C=C(C(/C=C(\C(C)=O)C1(N)COC1)=C(/CCCCCCCCC(C)N1C(C)CC(CF)CC1C)NCC)/C(C)=C(\C)c1cccc(CF)c1F.[HH]. The molecule has 0 saturated carbocycles. The van der Waals surface area contributed by atoms with Crippen molar-refractivity contribution in [2.75, 3.05) is 26.4 Å². The molecule has 2 heterocycles. The molecule has 0 amide bonds. The highest BCUT2D eigenvalue weighted by Crippen LogP contribution is 2.35. The van der Waals surface area contributed by atoms with Crippen molar-refractivity contribution in [3.63, 3.8) is 0 Å². The molecule has 3 rings (SSSR count). The number of unbranched alkanes of at least 4 members (excludes halogenated alkanes) is 5. The van der Waals surface area contributed by atoms with Crippen molar-refractivity contribution in [2.24, 2.45) is 11.7 Å². The lowest BCUT2D eigenvalue weighted by Crippen LogP contribution is -2.60. The molecule has 0 bridgehead atoms. The smallest absolute Gasteiger partial charge is 0.157 e. The van der Waals surface area contributed by atoms with E-state index in [9.17, 15) is 13.6 Å². The number of halogens is 3. The van der Waals surface area contributed by atoms with Gasteiger partial charge in [-0.05, 0) is 109 Å². The molecule has 8 heteroatoms. The zero-order valence-corrected chi connectivity index (χ0v) is 31.9. The summed E-state index contributed by atoms with van der Waals surface area (Å²) in [6, 6.07) is 6.16. The molecule has 2 saturated heterocycles. The minimum Gasteiger partial charge on any atom is -0.388 e. The van der Waals surface area contributed by atoms with Crippen LogP contribution in [-0.2, 0) is 16.2 Å². The molecule has 50 heavy (non-hydrogen) atoms. The Morgan fingerprint density at radius 2 is 1.72 bits per heavy atom. The van der Waals surface area contributed by atoms with Crippen LogP contribution in [0, 0.1) is 11.7 Å². The van der Waals surface area contributed by atoms with Gasteiger partial charge in [-0.3, -0.25) is 14.1 Å². The second-order valence-electron chi connectivity index (χ2n) is 15.0. The van der Waals surface area contributed by atoms with E-state index < -0.39 is 18.0 Å². The maximum absolute atomic E-state index is 15.2. The summed E-state index contributed by atoms with van der Waals surface area (Å²) >= 11 is 0. The first-order valence-electron chi connectivity index (χ1n) is 18.9. The van der Waals surface area contributed by atoms with Crippen LogP contribution in [0.2, 0.25) is 0 Å². The topological polar surface area (TPSA) is 67.6 Å². The lowest BCUT2D eigenvalue weighted by Gasteiger charge is -2.45. The van der Waals surface area contributed by atoms with Gasteiger partial charge < -0.3 is 15.8 Å². The summed E-state index contributed by atoms with van der Waals surface area (Å²) in [5.41, 5.74) is 10.4. The van der Waals surface area contributed by atoms with E-state index in [1.807, 2.05) is 26.8 Å². The van der Waals surface area contributed by atoms with E-state index in [1.165, 1.54) is 38.7 Å². The fourth-order valence-electron chi connectivity index (χ4n) is 8.04. The first-order valence-corrected chi connectivity index (χ1v) is 18.9. The summed E-state index contributed by atoms with van der Waals surface area (Å²) in [5, 5.41) is 3.55. The summed E-state index contributed by atoms with van der Waals surface area (Å²) in [6.45, 7) is 18.7. The zero-order chi connectivity index (χ0) is 37.0. The summed E-state index contributed by atoms with van der Waals surface area (Å²) in [4.78, 5) is 15.6. The van der Waals surface area contributed by atoms with Crippen molar-refractivity contribution in [3.8, 4) is 0 Å². The van der Waals surface area contributed by atoms with Gasteiger partial charge >= 0.3 is 0 Å². The molecule has 0 aliphatic carbocycles. The number of benzene rings is 1. The van der Waals surface area contributed by atoms with Crippen LogP contribution in [-0.4, -0.2) is 60.8 Å². The van der Waals surface area contributed by atoms with Gasteiger partial charge in [-0.25, -0.2) is 8.78 Å². The Labute approximate surface area is 302 Å². The number of ether oxygens (including phenoxy) is 1. The number of nitrogens with two attached hydrogens (primary N) is 1. The van der Waals surface area contributed by atoms with Crippen LogP contribution < -0.4 is 11.1 Å². The van der Waals surface area contributed by atoms with Crippen molar-refractivity contribution in [1.29, 1.82) is 0 Å². The van der Waals surface area contributed by atoms with Crippen molar-refractivity contribution < 1.29 is 24.1 Å². The number of piperidine rings is 1. The van der Waals surface area contributed by atoms with E-state index in [0.29, 0.717) is 47.0 Å². The predicted octanol–water partition coefficient (Wildman–Crippen LogP) is 9.97. The molecule has 3 N–H and O–H groups in total. The number of carbonyl (C=O) groups is 1. The second kappa shape index (κ2) is 19.8. The minimum absolute atomic E-state index is 0. The van der Waals surface area contributed by atoms with Gasteiger partial charge in [0.25, 0.3) is 0 Å². The van der Waals surface area contributed by atoms with Crippen molar-refractivity contribution in [1.82, 2.24) is 10.2 Å². The maximum Gasteiger partial charge on any atom is 0.157 e. The molecule has 5 nitrogen and oxygen atoms in total. The van der Waals surface area contributed by atoms with Crippen LogP contribution in [0.5, 0.6) is 0 Å². The second-order valence-corrected chi connectivity index (χ2v) is 15.0. The summed E-state index contributed by atoms with van der Waals surface area (Å²) in [6.07, 6.45) is 12.4. The minimum atomic E-state index is -0.882. The molecule has 1 aromatic carbocycles. The van der Waals surface area contributed by atoms with Crippen molar-refractivity contribution in [3.05, 3.63) is 75.8 Å². The molecule has 3 atom stereocenters. The number of likely N-dealkylation sites (tertiary alicyclic amines) is 1. The number of ketones is 1. The van der Waals surface area contributed by atoms with Crippen LogP contribution in [0.1, 0.15) is 125 Å². The third-order valence-corrected chi connectivity index (χ3v) is 11.0. The van der Waals surface area contributed by atoms with Crippen LogP contribution in [0.3, 0.4) is 0 Å². The normalized spacial score (nSPS) is 22.7. The van der Waals surface area contributed by atoms with Gasteiger partial charge in [-0.15, -0.1) is 0 Å². The van der Waals surface area contributed by atoms with E-state index in [1.54, 1.807) is 12.1 Å². The Morgan fingerprint density at radius 1 is 1.10 bits per heavy atom. The Bertz CT molecular complexity index is 1390. The average molecular weight is 702 g/mol. The van der Waals surface area contributed by atoms with E-state index in [-0.39, 0.29) is 38.6 Å². The highest BCUT2D eigenvalue weighted by atomic mass is 19.1. The number of hydrogen-bond acceptors (Lipinski definition) is 5. The zero-order valence-electron chi connectivity index (χ0n) is 31.9. The molecule has 282 valence electrons. The lowest BCUT2D eigenvalue weighted by molar-refractivity contribution is -0.117. The maximum atomic E-state index is 15.2. The molecule has 1 aromatic rings. The van der Waals surface area contributed by atoms with Gasteiger partial charge in [0.2, 0.25) is 0 Å². The fraction of sp³-hybridized carbons (Fsp3) is 0.643. The fourth-order valence-corrected chi connectivity index (χ4v) is 8.04. The number of hydrogen-bond donors (Lipinski definition) is 2. The van der Waals surface area contributed by atoms with Crippen LogP contribution in [0.4, 0.5) is 13.2 Å². The van der Waals surface area contributed by atoms with Gasteiger partial charge in [0.15, 0.2) is 5.78 Å². The van der Waals surface area contributed by atoms with Gasteiger partial charge in [-0.1, -0.05) is 56.9 Å². The summed E-state index contributed by atoms with van der Waals surface area (Å²) in [7, 11) is 0. The molecule has 0 spiro atoms. The molecule has 0 radical (unpaired) electrons. The Balaban J connectivity index is 0.00000901. The molecular weight excluding hydrogens is 635 g/mol. The van der Waals surface area contributed by atoms with Gasteiger partial charge in [-0.2, -0.15) is 0 Å². The standard InChI is InChI=1S/C42H64F3N3O2.H2/c1-9-47-40(20-15-13-11-10-12-14-17-28(2)48-29(3)21-35(24-43)22-30(48)4)38(23-39(34(8)49)42(46)26-50-27-42)33(7)31(5)32(6)37-19-16-18-36(25-44)41(37)45;/h16,18-19,23,28-30,35,47H,7,9-15,17,20-22,24-27,46H2,1-6,8H3;1H/b32-31+,39-23+,40-38-;. The van der Waals surface area contributed by atoms with Crippen molar-refractivity contribution in [2.45, 2.75) is 143 Å². The molecule has 0 aromatic heterocycles. The molecule has 3 unspecified atom stereocenters. The molecule has 2 fully saturated rings. The molecular formula is C42H66F3N3O2. The number of rotatable bonds is 20. The number of carbonyl (C=O) groups excluding carboxylic acids is 1. The van der Waals surface area contributed by atoms with Crippen LogP contribution >= 0.6 is 0 Å². The van der Waals surface area contributed by atoms with E-state index in [0.717, 1.165) is 55.4 Å². The number of Topliss-reactive ketones (excluding diaryl/α,β-unsaturated/α-hetero) is 1. The largest absolute Gasteiger partial charge is 0.388 e. The third kappa shape index (κ3) is 10.7. The number of nitrogens with zero attached hydrogens (tertiary/aromatic N) is 1. The van der Waals surface area contributed by atoms with E-state index in [2.05, 4.69) is 37.6 Å². The Kier molecular flexibility index (Phi) is 16.5. The van der Waals surface area contributed by atoms with Crippen LogP contribution in [0.15, 0.2) is 58.8 Å². The Morgan fingerprint density at radius 3 is 2.26 bits per heavy atom. The van der Waals surface area contributed by atoms with Crippen molar-refractivity contribution >= 4 is 11.4 Å². The molecule has 2 aliphatic heterocycles. The Hall–Kier alpha value is -2.68. The summed E-state index contributed by atoms with van der Waals surface area (Å²) in [5.74, 6) is -0.483. The van der Waals surface area contributed by atoms with Crippen LogP contribution in [0.25, 0.3) is 5.57 Å². The van der Waals surface area contributed by atoms with Gasteiger partial charge in [0, 0.05) is 54.1 Å². The van der Waals surface area contributed by atoms with E-state index >= 15 is 4.39 Å². The highest BCUT2D eigenvalue weighted by Gasteiger charge is 2.40. The average Bonchev–Trinajstić information content (AvgIpc) is 3.07. The number of allylic oxidation sites excluding steroid dienone is 6. The van der Waals surface area contributed by atoms with Gasteiger partial charge in [0.05, 0.1) is 25.4 Å². The first kappa shape index (κ1) is 41.7. The number of alkyl halides is 2. The third-order valence-electron chi connectivity index (χ3n) is 11.0. The molecule has 2 aliphatic rings. The number of nitrogens with one attached hydrogen (secondary N) is 1. The lowest BCUT2D eigenvalue weighted by atomic mass is 9.82. The highest BCUT2D eigenvalue weighted by molar-refractivity contribution is 5.96. The monoisotopic (exact) mass is 702 g/mol. The van der Waals surface area contributed by atoms with E-state index in [4.69, 9.17) is 10.5 Å².